The van der Waals surface area contributed by atoms with Crippen LogP contribution < -0.4 is 0 Å². The molecule has 1 aromatic heterocycles. The van der Waals surface area contributed by atoms with E-state index in [1.807, 2.05) is 18.3 Å². The monoisotopic (exact) mass is 259 g/mol. The summed E-state index contributed by atoms with van der Waals surface area (Å²) in [6, 6.07) is 6.50. The molecule has 3 nitrogen and oxygen atoms in total. The number of aliphatic carboxylic acids is 1. The van der Waals surface area contributed by atoms with Crippen LogP contribution in [0, 0.1) is 6.92 Å². The first-order valence-corrected chi connectivity index (χ1v) is 6.60. The third-order valence-electron chi connectivity index (χ3n) is 3.75. The standard InChI is InChI=1S/C16H21NO2/c1-10(2)17-9-13(16(4,5)15(18)19)12-7-6-11(3)8-14(12)17/h6-10H,1-5H3,(H,18,19). The van der Waals surface area contributed by atoms with Gasteiger partial charge in [-0.2, -0.15) is 0 Å². The molecular formula is C16H21NO2. The Morgan fingerprint density at radius 2 is 1.95 bits per heavy atom. The summed E-state index contributed by atoms with van der Waals surface area (Å²) in [5, 5.41) is 10.5. The second-order valence-electron chi connectivity index (χ2n) is 5.99. The van der Waals surface area contributed by atoms with Gasteiger partial charge in [0.2, 0.25) is 0 Å². The van der Waals surface area contributed by atoms with Crippen LogP contribution >= 0.6 is 0 Å². The number of aromatic nitrogens is 1. The Hall–Kier alpha value is -1.77. The fraction of sp³-hybridized carbons (Fsp3) is 0.438. The summed E-state index contributed by atoms with van der Waals surface area (Å²) in [7, 11) is 0. The molecule has 0 saturated carbocycles. The minimum atomic E-state index is -0.881. The number of nitrogens with zero attached hydrogens (tertiary/aromatic N) is 1. The van der Waals surface area contributed by atoms with Crippen LogP contribution in [0.3, 0.4) is 0 Å². The first-order valence-electron chi connectivity index (χ1n) is 6.60. The smallest absolute Gasteiger partial charge is 0.313 e. The molecule has 102 valence electrons. The van der Waals surface area contributed by atoms with Crippen molar-refractivity contribution in [1.29, 1.82) is 0 Å². The van der Waals surface area contributed by atoms with Gasteiger partial charge in [-0.3, -0.25) is 4.79 Å². The van der Waals surface area contributed by atoms with Gasteiger partial charge in [-0.1, -0.05) is 12.1 Å². The van der Waals surface area contributed by atoms with Crippen LogP contribution in [-0.4, -0.2) is 15.6 Å². The SMILES string of the molecule is Cc1ccc2c(C(C)(C)C(=O)O)cn(C(C)C)c2c1. The number of hydrogen-bond acceptors (Lipinski definition) is 1. The number of aryl methyl sites for hydroxylation is 1. The van der Waals surface area contributed by atoms with E-state index in [2.05, 4.69) is 31.4 Å². The van der Waals surface area contributed by atoms with E-state index in [1.165, 1.54) is 5.56 Å². The summed E-state index contributed by atoms with van der Waals surface area (Å²) in [6.45, 7) is 9.79. The summed E-state index contributed by atoms with van der Waals surface area (Å²) < 4.78 is 2.16. The Morgan fingerprint density at radius 3 is 2.47 bits per heavy atom. The number of hydrogen-bond donors (Lipinski definition) is 1. The van der Waals surface area contributed by atoms with Gasteiger partial charge >= 0.3 is 5.97 Å². The molecule has 0 spiro atoms. The molecule has 0 unspecified atom stereocenters. The molecule has 19 heavy (non-hydrogen) atoms. The highest BCUT2D eigenvalue weighted by Crippen LogP contribution is 2.34. The highest BCUT2D eigenvalue weighted by Gasteiger charge is 2.32. The predicted molar refractivity (Wildman–Crippen MR) is 77.7 cm³/mol. The lowest BCUT2D eigenvalue weighted by molar-refractivity contribution is -0.142. The molecule has 0 bridgehead atoms. The van der Waals surface area contributed by atoms with E-state index in [-0.39, 0.29) is 0 Å². The zero-order valence-corrected chi connectivity index (χ0v) is 12.2. The van der Waals surface area contributed by atoms with Gasteiger partial charge in [-0.15, -0.1) is 0 Å². The zero-order chi connectivity index (χ0) is 14.4. The van der Waals surface area contributed by atoms with E-state index >= 15 is 0 Å². The van der Waals surface area contributed by atoms with Crippen LogP contribution in [-0.2, 0) is 10.2 Å². The lowest BCUT2D eigenvalue weighted by Gasteiger charge is -2.18. The molecule has 0 aliphatic carbocycles. The lowest BCUT2D eigenvalue weighted by atomic mass is 9.84. The Balaban J connectivity index is 2.80. The van der Waals surface area contributed by atoms with Crippen molar-refractivity contribution in [3.05, 3.63) is 35.5 Å². The number of carboxylic acid groups (broad SMARTS) is 1. The van der Waals surface area contributed by atoms with E-state index in [9.17, 15) is 9.90 Å². The average Bonchev–Trinajstić information content (AvgIpc) is 2.67. The van der Waals surface area contributed by atoms with Crippen molar-refractivity contribution in [3.63, 3.8) is 0 Å². The van der Waals surface area contributed by atoms with Crippen molar-refractivity contribution >= 4 is 16.9 Å². The van der Waals surface area contributed by atoms with Crippen LogP contribution in [0.5, 0.6) is 0 Å². The average molecular weight is 259 g/mol. The fourth-order valence-electron chi connectivity index (χ4n) is 2.40. The number of rotatable bonds is 3. The van der Waals surface area contributed by atoms with Gasteiger partial charge < -0.3 is 9.67 Å². The number of fused-ring (bicyclic) bond motifs is 1. The predicted octanol–water partition coefficient (Wildman–Crippen LogP) is 3.89. The van der Waals surface area contributed by atoms with Gasteiger partial charge in [-0.05, 0) is 51.8 Å². The lowest BCUT2D eigenvalue weighted by Crippen LogP contribution is -2.28. The normalized spacial score (nSPS) is 12.3. The van der Waals surface area contributed by atoms with Gasteiger partial charge in [0.05, 0.1) is 5.41 Å². The van der Waals surface area contributed by atoms with E-state index in [0.717, 1.165) is 16.5 Å². The zero-order valence-electron chi connectivity index (χ0n) is 12.2. The third-order valence-corrected chi connectivity index (χ3v) is 3.75. The van der Waals surface area contributed by atoms with E-state index in [0.29, 0.717) is 6.04 Å². The molecule has 0 aliphatic heterocycles. The van der Waals surface area contributed by atoms with Gasteiger partial charge in [0.1, 0.15) is 0 Å². The van der Waals surface area contributed by atoms with Crippen molar-refractivity contribution in [2.24, 2.45) is 0 Å². The maximum absolute atomic E-state index is 11.5. The molecule has 0 amide bonds. The van der Waals surface area contributed by atoms with E-state index in [1.54, 1.807) is 13.8 Å². The Bertz CT molecular complexity index is 635. The molecule has 0 aliphatic rings. The Morgan fingerprint density at radius 1 is 1.32 bits per heavy atom. The van der Waals surface area contributed by atoms with Crippen LogP contribution in [0.4, 0.5) is 0 Å². The summed E-state index contributed by atoms with van der Waals surface area (Å²) in [5.41, 5.74) is 2.29. The highest BCUT2D eigenvalue weighted by molar-refractivity contribution is 5.92. The molecule has 0 radical (unpaired) electrons. The highest BCUT2D eigenvalue weighted by atomic mass is 16.4. The van der Waals surface area contributed by atoms with Crippen LogP contribution in [0.25, 0.3) is 10.9 Å². The van der Waals surface area contributed by atoms with E-state index < -0.39 is 11.4 Å². The minimum absolute atomic E-state index is 0.308. The van der Waals surface area contributed by atoms with Crippen molar-refractivity contribution in [1.82, 2.24) is 4.57 Å². The molecule has 1 N–H and O–H groups in total. The third kappa shape index (κ3) is 2.14. The van der Waals surface area contributed by atoms with E-state index in [4.69, 9.17) is 0 Å². The topological polar surface area (TPSA) is 42.2 Å². The summed E-state index contributed by atoms with van der Waals surface area (Å²) in [6.07, 6.45) is 1.99. The first kappa shape index (κ1) is 13.7. The number of carboxylic acids is 1. The maximum atomic E-state index is 11.5. The van der Waals surface area contributed by atoms with Crippen molar-refractivity contribution in [3.8, 4) is 0 Å². The number of benzene rings is 1. The second kappa shape index (κ2) is 4.41. The van der Waals surface area contributed by atoms with Gasteiger partial charge in [-0.25, -0.2) is 0 Å². The van der Waals surface area contributed by atoms with Gasteiger partial charge in [0.15, 0.2) is 0 Å². The summed E-state index contributed by atoms with van der Waals surface area (Å²) in [5.74, 6) is -0.795. The molecule has 0 atom stereocenters. The van der Waals surface area contributed by atoms with Crippen molar-refractivity contribution < 1.29 is 9.90 Å². The second-order valence-corrected chi connectivity index (χ2v) is 5.99. The molecular weight excluding hydrogens is 238 g/mol. The first-order chi connectivity index (χ1) is 8.75. The summed E-state index contributed by atoms with van der Waals surface area (Å²) in [4.78, 5) is 11.5. The Kier molecular flexibility index (Phi) is 3.17. The largest absolute Gasteiger partial charge is 0.481 e. The summed E-state index contributed by atoms with van der Waals surface area (Å²) >= 11 is 0. The molecule has 3 heteroatoms. The van der Waals surface area contributed by atoms with Crippen LogP contribution in [0.2, 0.25) is 0 Å². The van der Waals surface area contributed by atoms with Gasteiger partial charge in [0.25, 0.3) is 0 Å². The molecule has 2 aromatic rings. The Labute approximate surface area is 113 Å². The van der Waals surface area contributed by atoms with Crippen LogP contribution in [0.1, 0.15) is 44.9 Å². The molecule has 1 aromatic carbocycles. The van der Waals surface area contributed by atoms with Crippen molar-refractivity contribution in [2.45, 2.75) is 46.1 Å². The number of carbonyl (C=O) groups is 1. The minimum Gasteiger partial charge on any atom is -0.481 e. The van der Waals surface area contributed by atoms with Crippen molar-refractivity contribution in [2.75, 3.05) is 0 Å². The van der Waals surface area contributed by atoms with Gasteiger partial charge in [0, 0.05) is 23.1 Å². The molecule has 2 rings (SSSR count). The molecule has 0 saturated heterocycles. The molecule has 0 fully saturated rings. The van der Waals surface area contributed by atoms with Crippen LogP contribution in [0.15, 0.2) is 24.4 Å². The quantitative estimate of drug-likeness (QED) is 0.908. The fourth-order valence-corrected chi connectivity index (χ4v) is 2.40. The molecule has 1 heterocycles. The maximum Gasteiger partial charge on any atom is 0.313 e.